The Morgan fingerprint density at radius 1 is 1.53 bits per heavy atom. The first-order valence-electron chi connectivity index (χ1n) is 5.37. The van der Waals surface area contributed by atoms with Crippen molar-refractivity contribution >= 4 is 17.0 Å². The van der Waals surface area contributed by atoms with Crippen molar-refractivity contribution in [1.29, 1.82) is 0 Å². The summed E-state index contributed by atoms with van der Waals surface area (Å²) in [4.78, 5) is 15.3. The molecule has 0 saturated heterocycles. The highest BCUT2D eigenvalue weighted by Crippen LogP contribution is 2.22. The molecule has 0 bridgehead atoms. The molecule has 1 unspecified atom stereocenters. The molecule has 0 radical (unpaired) electrons. The summed E-state index contributed by atoms with van der Waals surface area (Å²) in [5.41, 5.74) is 1.71. The van der Waals surface area contributed by atoms with Crippen LogP contribution in [0.4, 0.5) is 0 Å². The number of benzene rings is 1. The van der Waals surface area contributed by atoms with E-state index in [0.717, 1.165) is 16.9 Å². The van der Waals surface area contributed by atoms with Gasteiger partial charge in [-0.2, -0.15) is 0 Å². The lowest BCUT2D eigenvalue weighted by Crippen LogP contribution is -2.11. The Bertz CT molecular complexity index is 574. The summed E-state index contributed by atoms with van der Waals surface area (Å²) in [6.45, 7) is 3.69. The summed E-state index contributed by atoms with van der Waals surface area (Å²) in [7, 11) is 0. The lowest BCUT2D eigenvalue weighted by molar-refractivity contribution is 0.0697. The smallest absolute Gasteiger partial charge is 0.335 e. The number of aliphatic hydroxyl groups excluding tert-OH is 1. The number of fused-ring (bicyclic) bond motifs is 1. The third kappa shape index (κ3) is 1.89. The lowest BCUT2D eigenvalue weighted by atomic mass is 10.2. The number of hydrogen-bond acceptors (Lipinski definition) is 3. The van der Waals surface area contributed by atoms with E-state index in [-0.39, 0.29) is 18.2 Å². The normalized spacial score (nSPS) is 12.9. The number of aliphatic hydroxyl groups is 1. The predicted octanol–water partition coefficient (Wildman–Crippen LogP) is 1.60. The number of aryl methyl sites for hydroxylation is 1. The van der Waals surface area contributed by atoms with Crippen molar-refractivity contribution in [2.45, 2.75) is 19.9 Å². The fourth-order valence-electron chi connectivity index (χ4n) is 1.98. The molecule has 0 saturated carbocycles. The molecule has 5 heteroatoms. The molecule has 0 fully saturated rings. The molecule has 90 valence electrons. The summed E-state index contributed by atoms with van der Waals surface area (Å²) < 4.78 is 1.85. The number of carboxylic acids is 1. The van der Waals surface area contributed by atoms with Crippen molar-refractivity contribution < 1.29 is 15.0 Å². The molecular formula is C12H14N2O3. The van der Waals surface area contributed by atoms with Gasteiger partial charge in [-0.25, -0.2) is 9.78 Å². The van der Waals surface area contributed by atoms with Crippen LogP contribution in [0.3, 0.4) is 0 Å². The van der Waals surface area contributed by atoms with Crippen LogP contribution >= 0.6 is 0 Å². The van der Waals surface area contributed by atoms with Gasteiger partial charge in [0, 0.05) is 0 Å². The van der Waals surface area contributed by atoms with Crippen LogP contribution < -0.4 is 0 Å². The van der Waals surface area contributed by atoms with E-state index in [4.69, 9.17) is 5.11 Å². The van der Waals surface area contributed by atoms with Crippen LogP contribution in [0.1, 0.15) is 29.1 Å². The van der Waals surface area contributed by atoms with Crippen LogP contribution in [-0.4, -0.2) is 32.3 Å². The first-order chi connectivity index (χ1) is 8.04. The number of aromatic nitrogens is 2. The number of nitrogens with zero attached hydrogens (tertiary/aromatic N) is 2. The lowest BCUT2D eigenvalue weighted by Gasteiger charge is -2.13. The standard InChI is InChI=1S/C12H14N2O3/c1-7(6-15)14-8(2)13-10-4-3-9(12(16)17)5-11(10)14/h3-5,7,15H,6H2,1-2H3,(H,16,17). The summed E-state index contributed by atoms with van der Waals surface area (Å²) in [5, 5.41) is 18.2. The second kappa shape index (κ2) is 4.18. The summed E-state index contributed by atoms with van der Waals surface area (Å²) in [6.07, 6.45) is 0. The monoisotopic (exact) mass is 234 g/mol. The molecule has 0 aliphatic carbocycles. The van der Waals surface area contributed by atoms with Crippen molar-refractivity contribution in [2.75, 3.05) is 6.61 Å². The maximum Gasteiger partial charge on any atom is 0.335 e. The Morgan fingerprint density at radius 3 is 2.82 bits per heavy atom. The molecule has 2 rings (SSSR count). The van der Waals surface area contributed by atoms with Gasteiger partial charge < -0.3 is 14.8 Å². The van der Waals surface area contributed by atoms with Gasteiger partial charge >= 0.3 is 5.97 Å². The van der Waals surface area contributed by atoms with E-state index in [9.17, 15) is 9.90 Å². The maximum atomic E-state index is 10.9. The Morgan fingerprint density at radius 2 is 2.24 bits per heavy atom. The van der Waals surface area contributed by atoms with Gasteiger partial charge in [0.25, 0.3) is 0 Å². The van der Waals surface area contributed by atoms with Gasteiger partial charge in [0.1, 0.15) is 5.82 Å². The molecule has 1 aromatic carbocycles. The number of hydrogen-bond donors (Lipinski definition) is 2. The average Bonchev–Trinajstić information content (AvgIpc) is 2.62. The molecule has 2 aromatic rings. The molecule has 0 aliphatic rings. The molecule has 0 spiro atoms. The van der Waals surface area contributed by atoms with Crippen LogP contribution in [0.25, 0.3) is 11.0 Å². The number of aromatic carboxylic acids is 1. The molecule has 2 N–H and O–H groups in total. The fourth-order valence-corrected chi connectivity index (χ4v) is 1.98. The third-order valence-electron chi connectivity index (χ3n) is 2.82. The zero-order valence-corrected chi connectivity index (χ0v) is 9.71. The minimum Gasteiger partial charge on any atom is -0.478 e. The van der Waals surface area contributed by atoms with Gasteiger partial charge in [-0.1, -0.05) is 0 Å². The van der Waals surface area contributed by atoms with E-state index in [1.165, 1.54) is 6.07 Å². The number of rotatable bonds is 3. The first kappa shape index (κ1) is 11.6. The van der Waals surface area contributed by atoms with Gasteiger partial charge in [-0.15, -0.1) is 0 Å². The van der Waals surface area contributed by atoms with Gasteiger partial charge in [0.05, 0.1) is 29.2 Å². The second-order valence-corrected chi connectivity index (χ2v) is 4.07. The molecule has 1 aromatic heterocycles. The van der Waals surface area contributed by atoms with Crippen molar-refractivity contribution in [2.24, 2.45) is 0 Å². The molecule has 17 heavy (non-hydrogen) atoms. The van der Waals surface area contributed by atoms with Crippen molar-refractivity contribution in [3.05, 3.63) is 29.6 Å². The summed E-state index contributed by atoms with van der Waals surface area (Å²) in [5.74, 6) is -0.196. The van der Waals surface area contributed by atoms with E-state index >= 15 is 0 Å². The molecular weight excluding hydrogens is 220 g/mol. The Balaban J connectivity index is 2.69. The van der Waals surface area contributed by atoms with Gasteiger partial charge in [-0.3, -0.25) is 0 Å². The highest BCUT2D eigenvalue weighted by Gasteiger charge is 2.14. The second-order valence-electron chi connectivity index (χ2n) is 4.07. The largest absolute Gasteiger partial charge is 0.478 e. The minimum atomic E-state index is -0.964. The quantitative estimate of drug-likeness (QED) is 0.845. The zero-order valence-electron chi connectivity index (χ0n) is 9.71. The summed E-state index contributed by atoms with van der Waals surface area (Å²) >= 11 is 0. The third-order valence-corrected chi connectivity index (χ3v) is 2.82. The first-order valence-corrected chi connectivity index (χ1v) is 5.37. The van der Waals surface area contributed by atoms with E-state index in [2.05, 4.69) is 4.98 Å². The zero-order chi connectivity index (χ0) is 12.6. The average molecular weight is 234 g/mol. The number of carbonyl (C=O) groups is 1. The van der Waals surface area contributed by atoms with E-state index in [1.807, 2.05) is 18.4 Å². The molecule has 0 amide bonds. The van der Waals surface area contributed by atoms with E-state index in [1.54, 1.807) is 12.1 Å². The highest BCUT2D eigenvalue weighted by molar-refractivity contribution is 5.92. The highest BCUT2D eigenvalue weighted by atomic mass is 16.4. The summed E-state index contributed by atoms with van der Waals surface area (Å²) in [6, 6.07) is 4.69. The van der Waals surface area contributed by atoms with E-state index < -0.39 is 5.97 Å². The Kier molecular flexibility index (Phi) is 2.85. The van der Waals surface area contributed by atoms with Crippen LogP contribution in [0.5, 0.6) is 0 Å². The fraction of sp³-hybridized carbons (Fsp3) is 0.333. The predicted molar refractivity (Wildman–Crippen MR) is 63.2 cm³/mol. The maximum absolute atomic E-state index is 10.9. The van der Waals surface area contributed by atoms with Crippen molar-refractivity contribution in [3.8, 4) is 0 Å². The van der Waals surface area contributed by atoms with Crippen molar-refractivity contribution in [1.82, 2.24) is 9.55 Å². The molecule has 1 atom stereocenters. The SMILES string of the molecule is Cc1nc2ccc(C(=O)O)cc2n1C(C)CO. The minimum absolute atomic E-state index is 0.0103. The van der Waals surface area contributed by atoms with Crippen LogP contribution in [0, 0.1) is 6.92 Å². The van der Waals surface area contributed by atoms with E-state index in [0.29, 0.717) is 0 Å². The Hall–Kier alpha value is -1.88. The van der Waals surface area contributed by atoms with Crippen LogP contribution in [0.15, 0.2) is 18.2 Å². The molecule has 1 heterocycles. The van der Waals surface area contributed by atoms with Gasteiger partial charge in [-0.05, 0) is 32.0 Å². The topological polar surface area (TPSA) is 75.3 Å². The van der Waals surface area contributed by atoms with Gasteiger partial charge in [0.15, 0.2) is 0 Å². The number of carboxylic acid groups (broad SMARTS) is 1. The molecule has 5 nitrogen and oxygen atoms in total. The van der Waals surface area contributed by atoms with Crippen molar-refractivity contribution in [3.63, 3.8) is 0 Å². The van der Waals surface area contributed by atoms with Crippen LogP contribution in [-0.2, 0) is 0 Å². The Labute approximate surface area is 98.3 Å². The van der Waals surface area contributed by atoms with Gasteiger partial charge in [0.2, 0.25) is 0 Å². The molecule has 0 aliphatic heterocycles. The number of imidazole rings is 1. The van der Waals surface area contributed by atoms with Crippen LogP contribution in [0.2, 0.25) is 0 Å².